The van der Waals surface area contributed by atoms with Crippen LogP contribution in [0.25, 0.3) is 0 Å². The predicted molar refractivity (Wildman–Crippen MR) is 151 cm³/mol. The van der Waals surface area contributed by atoms with Crippen molar-refractivity contribution in [3.63, 3.8) is 0 Å². The highest BCUT2D eigenvalue weighted by atomic mass is 16.3. The van der Waals surface area contributed by atoms with Crippen molar-refractivity contribution in [2.24, 2.45) is 11.5 Å². The average molecular weight is 567 g/mol. The molecule has 3 rings (SSSR count). The van der Waals surface area contributed by atoms with Gasteiger partial charge >= 0.3 is 0 Å². The predicted octanol–water partition coefficient (Wildman–Crippen LogP) is -0.475. The maximum Gasteiger partial charge on any atom is 0.246 e. The van der Waals surface area contributed by atoms with Crippen LogP contribution < -0.4 is 32.7 Å². The van der Waals surface area contributed by atoms with Crippen LogP contribution in [0, 0.1) is 0 Å². The van der Waals surface area contributed by atoms with Gasteiger partial charge in [0.05, 0.1) is 6.04 Å². The van der Waals surface area contributed by atoms with Crippen molar-refractivity contribution in [3.05, 3.63) is 65.7 Å². The van der Waals surface area contributed by atoms with Crippen molar-refractivity contribution in [1.82, 2.24) is 21.3 Å². The molecule has 0 spiro atoms. The number of nitrogens with one attached hydrogen (secondary N) is 4. The van der Waals surface area contributed by atoms with Gasteiger partial charge < -0.3 is 37.8 Å². The summed E-state index contributed by atoms with van der Waals surface area (Å²) in [6, 6.07) is 12.1. The Kier molecular flexibility index (Phi) is 10.8. The highest BCUT2D eigenvalue weighted by Crippen LogP contribution is 2.17. The van der Waals surface area contributed by atoms with Crippen molar-refractivity contribution in [2.45, 2.75) is 69.1 Å². The number of phenolic OH excluding ortho intramolecular Hbond substituents is 1. The molecule has 1 unspecified atom stereocenters. The SMILES string of the molecule is C[C@@]1(Cc2ccccc2)NC(=O)[C@H](NC(=O)[C@@H](N)Cc2ccc(O)cc2)CCCNC(=O)CCC(C(N)=O)NC1=O. The zero-order valence-corrected chi connectivity index (χ0v) is 23.0. The second kappa shape index (κ2) is 14.3. The molecular formula is C29H38N6O6. The zero-order valence-electron chi connectivity index (χ0n) is 23.0. The second-order valence-electron chi connectivity index (χ2n) is 10.5. The topological polar surface area (TPSA) is 206 Å². The van der Waals surface area contributed by atoms with Crippen LogP contribution in [0.15, 0.2) is 54.6 Å². The lowest BCUT2D eigenvalue weighted by Gasteiger charge is -2.33. The lowest BCUT2D eigenvalue weighted by atomic mass is 9.90. The number of hydrogen-bond donors (Lipinski definition) is 7. The largest absolute Gasteiger partial charge is 0.508 e. The molecule has 9 N–H and O–H groups in total. The van der Waals surface area contributed by atoms with Gasteiger partial charge in [-0.1, -0.05) is 42.5 Å². The van der Waals surface area contributed by atoms with Gasteiger partial charge in [0.15, 0.2) is 0 Å². The molecule has 0 radical (unpaired) electrons. The molecule has 220 valence electrons. The molecule has 0 bridgehead atoms. The van der Waals surface area contributed by atoms with Gasteiger partial charge in [-0.25, -0.2) is 0 Å². The van der Waals surface area contributed by atoms with Crippen LogP contribution in [0.2, 0.25) is 0 Å². The Morgan fingerprint density at radius 2 is 1.73 bits per heavy atom. The number of hydrogen-bond acceptors (Lipinski definition) is 7. The zero-order chi connectivity index (χ0) is 30.0. The number of carbonyl (C=O) groups is 5. The summed E-state index contributed by atoms with van der Waals surface area (Å²) in [5.41, 5.74) is 11.6. The Bertz CT molecular complexity index is 1240. The Morgan fingerprint density at radius 3 is 2.39 bits per heavy atom. The third kappa shape index (κ3) is 9.31. The van der Waals surface area contributed by atoms with E-state index in [9.17, 15) is 29.1 Å². The van der Waals surface area contributed by atoms with Crippen LogP contribution in [0.3, 0.4) is 0 Å². The number of benzene rings is 2. The molecule has 12 heteroatoms. The average Bonchev–Trinajstić information content (AvgIpc) is 2.93. The number of aromatic hydroxyl groups is 1. The first-order chi connectivity index (χ1) is 19.5. The van der Waals surface area contributed by atoms with E-state index in [1.54, 1.807) is 36.4 Å². The molecule has 1 heterocycles. The summed E-state index contributed by atoms with van der Waals surface area (Å²) in [6.07, 6.45) is 0.717. The fourth-order valence-corrected chi connectivity index (χ4v) is 4.57. The first-order valence-electron chi connectivity index (χ1n) is 13.5. The van der Waals surface area contributed by atoms with Gasteiger partial charge in [-0.05, 0) is 55.9 Å². The lowest BCUT2D eigenvalue weighted by Crippen LogP contribution is -2.64. The van der Waals surface area contributed by atoms with Crippen molar-refractivity contribution >= 4 is 29.5 Å². The van der Waals surface area contributed by atoms with Crippen LogP contribution in [0.5, 0.6) is 5.75 Å². The van der Waals surface area contributed by atoms with Gasteiger partial charge in [0.2, 0.25) is 29.5 Å². The monoisotopic (exact) mass is 566 g/mol. The summed E-state index contributed by atoms with van der Waals surface area (Å²) in [5.74, 6) is -2.92. The quantitative estimate of drug-likeness (QED) is 0.234. The molecule has 1 aliphatic rings. The first-order valence-corrected chi connectivity index (χ1v) is 13.5. The third-order valence-corrected chi connectivity index (χ3v) is 6.96. The van der Waals surface area contributed by atoms with Crippen LogP contribution in [0.1, 0.15) is 43.7 Å². The Morgan fingerprint density at radius 1 is 1.05 bits per heavy atom. The molecule has 2 aromatic carbocycles. The van der Waals surface area contributed by atoms with Crippen molar-refractivity contribution in [1.29, 1.82) is 0 Å². The van der Waals surface area contributed by atoms with Gasteiger partial charge in [-0.2, -0.15) is 0 Å². The van der Waals surface area contributed by atoms with Gasteiger partial charge in [0.1, 0.15) is 23.4 Å². The normalized spacial score (nSPS) is 23.2. The van der Waals surface area contributed by atoms with Crippen molar-refractivity contribution in [3.8, 4) is 5.75 Å². The van der Waals surface area contributed by atoms with E-state index in [-0.39, 0.29) is 50.3 Å². The molecule has 4 atom stereocenters. The van der Waals surface area contributed by atoms with Crippen LogP contribution in [-0.2, 0) is 36.8 Å². The number of rotatable bonds is 7. The van der Waals surface area contributed by atoms with E-state index in [1.807, 2.05) is 6.07 Å². The minimum atomic E-state index is -1.53. The van der Waals surface area contributed by atoms with Crippen LogP contribution in [0.4, 0.5) is 0 Å². The van der Waals surface area contributed by atoms with Crippen LogP contribution >= 0.6 is 0 Å². The maximum absolute atomic E-state index is 13.6. The number of primary amides is 1. The third-order valence-electron chi connectivity index (χ3n) is 6.96. The Balaban J connectivity index is 1.85. The van der Waals surface area contributed by atoms with E-state index in [0.29, 0.717) is 6.42 Å². The lowest BCUT2D eigenvalue weighted by molar-refractivity contribution is -0.137. The van der Waals surface area contributed by atoms with Crippen LogP contribution in [-0.4, -0.2) is 64.9 Å². The van der Waals surface area contributed by atoms with Gasteiger partial charge in [-0.3, -0.25) is 24.0 Å². The molecule has 0 saturated carbocycles. The number of carbonyl (C=O) groups excluding carboxylic acids is 5. The summed E-state index contributed by atoms with van der Waals surface area (Å²) < 4.78 is 0. The molecule has 41 heavy (non-hydrogen) atoms. The maximum atomic E-state index is 13.6. The molecule has 1 fully saturated rings. The number of amides is 5. The van der Waals surface area contributed by atoms with E-state index in [1.165, 1.54) is 19.1 Å². The van der Waals surface area contributed by atoms with Gasteiger partial charge in [-0.15, -0.1) is 0 Å². The van der Waals surface area contributed by atoms with E-state index >= 15 is 0 Å². The van der Waals surface area contributed by atoms with E-state index in [2.05, 4.69) is 21.3 Å². The van der Waals surface area contributed by atoms with Gasteiger partial charge in [0.25, 0.3) is 0 Å². The van der Waals surface area contributed by atoms with E-state index in [0.717, 1.165) is 11.1 Å². The summed E-state index contributed by atoms with van der Waals surface area (Å²) in [7, 11) is 0. The molecule has 0 aliphatic carbocycles. The molecule has 0 aromatic heterocycles. The molecule has 1 saturated heterocycles. The minimum Gasteiger partial charge on any atom is -0.508 e. The molecule has 1 aliphatic heterocycles. The second-order valence-corrected chi connectivity index (χ2v) is 10.5. The van der Waals surface area contributed by atoms with E-state index < -0.39 is 47.3 Å². The Labute approximate surface area is 238 Å². The molecule has 2 aromatic rings. The van der Waals surface area contributed by atoms with E-state index in [4.69, 9.17) is 11.5 Å². The van der Waals surface area contributed by atoms with Gasteiger partial charge in [0, 0.05) is 19.4 Å². The summed E-state index contributed by atoms with van der Waals surface area (Å²) in [5, 5.41) is 20.3. The molecule has 12 nitrogen and oxygen atoms in total. The smallest absolute Gasteiger partial charge is 0.246 e. The molecule has 5 amide bonds. The summed E-state index contributed by atoms with van der Waals surface area (Å²) >= 11 is 0. The fraction of sp³-hybridized carbons (Fsp3) is 0.414. The minimum absolute atomic E-state index is 0.000127. The summed E-state index contributed by atoms with van der Waals surface area (Å²) in [4.78, 5) is 64.6. The number of nitrogens with two attached hydrogens (primary N) is 2. The highest BCUT2D eigenvalue weighted by molar-refractivity contribution is 5.97. The van der Waals surface area contributed by atoms with Crippen molar-refractivity contribution < 1.29 is 29.1 Å². The standard InChI is InChI=1S/C29H38N6O6/c1-29(17-19-6-3-2-4-7-19)28(41)34-22(25(31)38)13-14-24(37)32-15-5-8-23(27(40)35-29)33-26(39)21(30)16-18-9-11-20(36)12-10-18/h2-4,6-7,9-12,21-23,36H,5,8,13-17,30H2,1H3,(H2,31,38)(H,32,37)(H,33,39)(H,34,41)(H,35,40)/t21-,22?,23+,29-/m0/s1. The Hall–Kier alpha value is -4.45. The summed E-state index contributed by atoms with van der Waals surface area (Å²) in [6.45, 7) is 1.76. The van der Waals surface area contributed by atoms with Crippen molar-refractivity contribution in [2.75, 3.05) is 6.54 Å². The molecular weight excluding hydrogens is 528 g/mol. The fourth-order valence-electron chi connectivity index (χ4n) is 4.57. The highest BCUT2D eigenvalue weighted by Gasteiger charge is 2.39. The number of phenols is 1. The first kappa shape index (κ1) is 31.1.